The highest BCUT2D eigenvalue weighted by atomic mass is 16.3. The van der Waals surface area contributed by atoms with Gasteiger partial charge < -0.3 is 21.1 Å². The van der Waals surface area contributed by atoms with E-state index < -0.39 is 0 Å². The molecule has 3 aromatic heterocycles. The van der Waals surface area contributed by atoms with Gasteiger partial charge in [0.2, 0.25) is 0 Å². The average Bonchev–Trinajstić information content (AvgIpc) is 3.66. The van der Waals surface area contributed by atoms with Crippen molar-refractivity contribution in [3.05, 3.63) is 66.1 Å². The Morgan fingerprint density at radius 1 is 1.06 bits per heavy atom. The first-order valence-electron chi connectivity index (χ1n) is 12.4. The molecular formula is C26H30N8O. The molecule has 35 heavy (non-hydrogen) atoms. The van der Waals surface area contributed by atoms with E-state index in [1.807, 2.05) is 35.0 Å². The third kappa shape index (κ3) is 4.82. The molecule has 4 N–H and O–H groups in total. The zero-order valence-electron chi connectivity index (χ0n) is 19.6. The van der Waals surface area contributed by atoms with Gasteiger partial charge in [0, 0.05) is 55.1 Å². The summed E-state index contributed by atoms with van der Waals surface area (Å²) in [5.74, 6) is 3.20. The van der Waals surface area contributed by atoms with E-state index in [1.54, 1.807) is 12.4 Å². The van der Waals surface area contributed by atoms with E-state index in [2.05, 4.69) is 43.1 Å². The number of aliphatic hydroxyl groups is 1. The second-order valence-corrected chi connectivity index (χ2v) is 9.46. The first-order chi connectivity index (χ1) is 17.2. The Morgan fingerprint density at radius 3 is 2.66 bits per heavy atom. The van der Waals surface area contributed by atoms with Gasteiger partial charge in [-0.2, -0.15) is 9.61 Å². The molecule has 9 nitrogen and oxygen atoms in total. The molecule has 0 radical (unpaired) electrons. The van der Waals surface area contributed by atoms with Crippen molar-refractivity contribution in [2.24, 2.45) is 5.92 Å². The Bertz CT molecular complexity index is 1290. The molecular weight excluding hydrogens is 440 g/mol. The number of hydrogen-bond acceptors (Lipinski definition) is 8. The summed E-state index contributed by atoms with van der Waals surface area (Å²) in [6, 6.07) is 12.1. The third-order valence-corrected chi connectivity index (χ3v) is 6.90. The lowest BCUT2D eigenvalue weighted by molar-refractivity contribution is 0.0883. The Labute approximate surface area is 204 Å². The Morgan fingerprint density at radius 2 is 1.89 bits per heavy atom. The van der Waals surface area contributed by atoms with Crippen molar-refractivity contribution in [1.29, 1.82) is 0 Å². The topological polar surface area (TPSA) is 112 Å². The van der Waals surface area contributed by atoms with Crippen LogP contribution >= 0.6 is 0 Å². The zero-order chi connectivity index (χ0) is 23.6. The van der Waals surface area contributed by atoms with Crippen LogP contribution in [0.25, 0.3) is 17.0 Å². The monoisotopic (exact) mass is 470 g/mol. The Hall–Kier alpha value is -3.56. The normalized spacial score (nSPS) is 20.1. The van der Waals surface area contributed by atoms with Crippen LogP contribution in [0.2, 0.25) is 0 Å². The molecule has 2 atom stereocenters. The molecule has 1 aliphatic carbocycles. The average molecular weight is 471 g/mol. The summed E-state index contributed by atoms with van der Waals surface area (Å²) in [4.78, 5) is 13.5. The largest absolute Gasteiger partial charge is 0.391 e. The second kappa shape index (κ2) is 9.59. The fourth-order valence-corrected chi connectivity index (χ4v) is 4.66. The van der Waals surface area contributed by atoms with Crippen molar-refractivity contribution in [3.63, 3.8) is 0 Å². The predicted molar refractivity (Wildman–Crippen MR) is 135 cm³/mol. The lowest BCUT2D eigenvalue weighted by atomic mass is 9.95. The molecule has 180 valence electrons. The first-order valence-corrected chi connectivity index (χ1v) is 12.4. The van der Waals surface area contributed by atoms with Gasteiger partial charge in [0.05, 0.1) is 12.3 Å². The quantitative estimate of drug-likeness (QED) is 0.311. The number of β-amino-alcohol motifs (C(OH)–C–C–N with tert-alkyl or cyclic N) is 1. The van der Waals surface area contributed by atoms with Crippen LogP contribution in [0.3, 0.4) is 0 Å². The van der Waals surface area contributed by atoms with Crippen LogP contribution in [0, 0.1) is 5.92 Å². The molecule has 4 aromatic rings. The van der Waals surface area contributed by atoms with Gasteiger partial charge in [-0.1, -0.05) is 24.3 Å². The fraction of sp³-hybridized carbons (Fsp3) is 0.385. The van der Waals surface area contributed by atoms with Gasteiger partial charge in [0.1, 0.15) is 11.6 Å². The molecule has 0 unspecified atom stereocenters. The minimum absolute atomic E-state index is 0.214. The minimum atomic E-state index is -0.334. The molecule has 2 aliphatic rings. The number of nitrogens with zero attached hydrogens (tertiary/aromatic N) is 5. The molecule has 4 heterocycles. The minimum Gasteiger partial charge on any atom is -0.391 e. The number of aromatic nitrogens is 5. The maximum Gasteiger partial charge on any atom is 0.163 e. The van der Waals surface area contributed by atoms with Crippen LogP contribution in [0.5, 0.6) is 0 Å². The number of aliphatic hydroxyl groups excluding tert-OH is 1. The van der Waals surface area contributed by atoms with Gasteiger partial charge in [-0.05, 0) is 43.4 Å². The van der Waals surface area contributed by atoms with E-state index in [0.29, 0.717) is 25.6 Å². The molecule has 0 amide bonds. The fourth-order valence-electron chi connectivity index (χ4n) is 4.66. The summed E-state index contributed by atoms with van der Waals surface area (Å²) in [6.07, 6.45) is 8.48. The number of fused-ring (bicyclic) bond motifs is 1. The standard InChI is InChI=1S/C26H30N8O/c35-22-16-27-11-8-20(22)14-30-23-12-24(34-26(33-23)21(15-32-34)18-6-7-18)31-13-17-2-4-19(5-3-17)25-28-9-1-10-29-25/h1-5,9-10,12,15,18,20,22,27,31,35H,6-8,11,13-14,16H2,(H,30,33)/t20-,22+/m1/s1. The number of piperidine rings is 1. The third-order valence-electron chi connectivity index (χ3n) is 6.90. The predicted octanol–water partition coefficient (Wildman–Crippen LogP) is 3.06. The van der Waals surface area contributed by atoms with Crippen LogP contribution in [-0.4, -0.2) is 55.4 Å². The van der Waals surface area contributed by atoms with Gasteiger partial charge in [0.25, 0.3) is 0 Å². The van der Waals surface area contributed by atoms with Crippen LogP contribution in [-0.2, 0) is 6.54 Å². The molecule has 1 saturated heterocycles. The van der Waals surface area contributed by atoms with Crippen molar-refractivity contribution < 1.29 is 5.11 Å². The zero-order valence-corrected chi connectivity index (χ0v) is 19.6. The molecule has 1 aliphatic heterocycles. The summed E-state index contributed by atoms with van der Waals surface area (Å²) in [7, 11) is 0. The van der Waals surface area contributed by atoms with Gasteiger partial charge in [-0.25, -0.2) is 15.0 Å². The van der Waals surface area contributed by atoms with Crippen molar-refractivity contribution in [2.45, 2.75) is 37.8 Å². The van der Waals surface area contributed by atoms with Crippen LogP contribution in [0.15, 0.2) is 55.0 Å². The van der Waals surface area contributed by atoms with Crippen molar-refractivity contribution in [1.82, 2.24) is 29.9 Å². The van der Waals surface area contributed by atoms with Gasteiger partial charge in [-0.15, -0.1) is 0 Å². The summed E-state index contributed by atoms with van der Waals surface area (Å²) in [5.41, 5.74) is 4.26. The highest BCUT2D eigenvalue weighted by Crippen LogP contribution is 2.42. The Kier molecular flexibility index (Phi) is 6.01. The van der Waals surface area contributed by atoms with E-state index in [9.17, 15) is 5.11 Å². The summed E-state index contributed by atoms with van der Waals surface area (Å²) in [5, 5.41) is 25.2. The summed E-state index contributed by atoms with van der Waals surface area (Å²) < 4.78 is 1.91. The number of benzene rings is 1. The van der Waals surface area contributed by atoms with Crippen LogP contribution in [0.4, 0.5) is 11.6 Å². The van der Waals surface area contributed by atoms with Gasteiger partial charge in [-0.3, -0.25) is 0 Å². The van der Waals surface area contributed by atoms with Crippen LogP contribution in [0.1, 0.15) is 36.3 Å². The van der Waals surface area contributed by atoms with E-state index in [1.165, 1.54) is 18.4 Å². The van der Waals surface area contributed by atoms with Crippen molar-refractivity contribution in [3.8, 4) is 11.4 Å². The van der Waals surface area contributed by atoms with Crippen molar-refractivity contribution >= 4 is 17.3 Å². The lowest BCUT2D eigenvalue weighted by Gasteiger charge is -2.28. The molecule has 0 spiro atoms. The van der Waals surface area contributed by atoms with E-state index in [-0.39, 0.29) is 12.0 Å². The lowest BCUT2D eigenvalue weighted by Crippen LogP contribution is -2.43. The Balaban J connectivity index is 1.21. The molecule has 9 heteroatoms. The molecule has 0 bridgehead atoms. The van der Waals surface area contributed by atoms with E-state index >= 15 is 0 Å². The molecule has 2 fully saturated rings. The molecule has 1 aromatic carbocycles. The van der Waals surface area contributed by atoms with Gasteiger partial charge >= 0.3 is 0 Å². The maximum atomic E-state index is 10.3. The number of hydrogen-bond donors (Lipinski definition) is 4. The second-order valence-electron chi connectivity index (χ2n) is 9.46. The summed E-state index contributed by atoms with van der Waals surface area (Å²) in [6.45, 7) is 2.93. The van der Waals surface area contributed by atoms with E-state index in [4.69, 9.17) is 4.98 Å². The SMILES string of the molecule is O[C@H]1CNCC[C@@H]1CNc1cc(NCc2ccc(-c3ncccn3)cc2)n2ncc(C3CC3)c2n1. The number of nitrogens with one attached hydrogen (secondary N) is 3. The molecule has 6 rings (SSSR count). The first kappa shape index (κ1) is 21.9. The maximum absolute atomic E-state index is 10.3. The van der Waals surface area contributed by atoms with Gasteiger partial charge in [0.15, 0.2) is 11.5 Å². The van der Waals surface area contributed by atoms with Crippen molar-refractivity contribution in [2.75, 3.05) is 30.3 Å². The summed E-state index contributed by atoms with van der Waals surface area (Å²) >= 11 is 0. The number of rotatable bonds is 8. The van der Waals surface area contributed by atoms with E-state index in [0.717, 1.165) is 47.2 Å². The smallest absolute Gasteiger partial charge is 0.163 e. The van der Waals surface area contributed by atoms with Crippen LogP contribution < -0.4 is 16.0 Å². The molecule has 1 saturated carbocycles. The highest BCUT2D eigenvalue weighted by Gasteiger charge is 2.28. The highest BCUT2D eigenvalue weighted by molar-refractivity contribution is 5.62. The number of anilines is 2.